The first-order chi connectivity index (χ1) is 9.02. The van der Waals surface area contributed by atoms with Crippen molar-refractivity contribution in [1.82, 2.24) is 10.6 Å². The Bertz CT molecular complexity index is 607. The number of likely N-dealkylation sites (N-methyl/N-ethyl adjacent to an activating group) is 1. The van der Waals surface area contributed by atoms with Gasteiger partial charge in [0.25, 0.3) is 5.91 Å². The summed E-state index contributed by atoms with van der Waals surface area (Å²) in [6.07, 6.45) is 0. The number of fused-ring (bicyclic) bond motifs is 1. The number of benzene rings is 1. The molecule has 1 amide bonds. The molecule has 4 nitrogen and oxygen atoms in total. The van der Waals surface area contributed by atoms with Crippen LogP contribution in [0.5, 0.6) is 0 Å². The maximum Gasteiger partial charge on any atom is 0.287 e. The van der Waals surface area contributed by atoms with E-state index in [1.165, 1.54) is 0 Å². The molecular weight excluding hydrogens is 308 g/mol. The molecule has 0 spiro atoms. The zero-order valence-electron chi connectivity index (χ0n) is 11.2. The molecule has 2 N–H and O–H groups in total. The summed E-state index contributed by atoms with van der Waals surface area (Å²) in [6, 6.07) is 5.94. The SMILES string of the molecule is CNC(C)CNC(=O)c1oc2ccc(Br)cc2c1C. The molecule has 1 heterocycles. The average molecular weight is 325 g/mol. The van der Waals surface area contributed by atoms with Gasteiger partial charge in [0.05, 0.1) is 0 Å². The van der Waals surface area contributed by atoms with E-state index in [2.05, 4.69) is 26.6 Å². The van der Waals surface area contributed by atoms with Gasteiger partial charge in [-0.25, -0.2) is 0 Å². The number of amides is 1. The summed E-state index contributed by atoms with van der Waals surface area (Å²) in [5.74, 6) is 0.211. The van der Waals surface area contributed by atoms with Gasteiger partial charge in [0.15, 0.2) is 5.76 Å². The summed E-state index contributed by atoms with van der Waals surface area (Å²) >= 11 is 3.42. The van der Waals surface area contributed by atoms with Crippen LogP contribution in [0.2, 0.25) is 0 Å². The van der Waals surface area contributed by atoms with Crippen LogP contribution in [0, 0.1) is 6.92 Å². The van der Waals surface area contributed by atoms with E-state index in [0.717, 1.165) is 21.0 Å². The minimum absolute atomic E-state index is 0.174. The second kappa shape index (κ2) is 5.75. The maximum absolute atomic E-state index is 12.1. The molecule has 1 atom stereocenters. The Labute approximate surface area is 120 Å². The molecule has 0 radical (unpaired) electrons. The number of carbonyl (C=O) groups excluding carboxylic acids is 1. The van der Waals surface area contributed by atoms with Crippen molar-refractivity contribution in [3.63, 3.8) is 0 Å². The zero-order chi connectivity index (χ0) is 14.0. The van der Waals surface area contributed by atoms with Gasteiger partial charge in [-0.3, -0.25) is 4.79 Å². The highest BCUT2D eigenvalue weighted by molar-refractivity contribution is 9.10. The number of hydrogen-bond donors (Lipinski definition) is 2. The Kier molecular flexibility index (Phi) is 4.27. The summed E-state index contributed by atoms with van der Waals surface area (Å²) < 4.78 is 6.60. The topological polar surface area (TPSA) is 54.3 Å². The highest BCUT2D eigenvalue weighted by Crippen LogP contribution is 2.27. The predicted molar refractivity (Wildman–Crippen MR) is 79.5 cm³/mol. The van der Waals surface area contributed by atoms with Crippen molar-refractivity contribution in [2.24, 2.45) is 0 Å². The lowest BCUT2D eigenvalue weighted by atomic mass is 10.1. The summed E-state index contributed by atoms with van der Waals surface area (Å²) in [5.41, 5.74) is 1.60. The number of rotatable bonds is 4. The molecule has 102 valence electrons. The van der Waals surface area contributed by atoms with Crippen LogP contribution >= 0.6 is 15.9 Å². The molecule has 1 aromatic heterocycles. The Morgan fingerprint density at radius 2 is 2.21 bits per heavy atom. The molecule has 19 heavy (non-hydrogen) atoms. The lowest BCUT2D eigenvalue weighted by molar-refractivity contribution is 0.0924. The van der Waals surface area contributed by atoms with Crippen LogP contribution in [0.25, 0.3) is 11.0 Å². The van der Waals surface area contributed by atoms with Crippen molar-refractivity contribution >= 4 is 32.8 Å². The molecule has 0 saturated carbocycles. The fourth-order valence-corrected chi connectivity index (χ4v) is 2.20. The Morgan fingerprint density at radius 1 is 1.47 bits per heavy atom. The standard InChI is InChI=1S/C14H17BrN2O2/c1-8(16-3)7-17-14(18)13-9(2)11-6-10(15)4-5-12(11)19-13/h4-6,8,16H,7H2,1-3H3,(H,17,18). The van der Waals surface area contributed by atoms with Crippen LogP contribution in [-0.4, -0.2) is 25.5 Å². The van der Waals surface area contributed by atoms with Gasteiger partial charge in [-0.1, -0.05) is 15.9 Å². The van der Waals surface area contributed by atoms with E-state index in [1.807, 2.05) is 39.1 Å². The second-order valence-electron chi connectivity index (χ2n) is 4.60. The van der Waals surface area contributed by atoms with Crippen LogP contribution < -0.4 is 10.6 Å². The first-order valence-electron chi connectivity index (χ1n) is 6.17. The van der Waals surface area contributed by atoms with E-state index >= 15 is 0 Å². The molecular formula is C14H17BrN2O2. The van der Waals surface area contributed by atoms with Crippen molar-refractivity contribution < 1.29 is 9.21 Å². The van der Waals surface area contributed by atoms with Gasteiger partial charge in [0.1, 0.15) is 5.58 Å². The van der Waals surface area contributed by atoms with Gasteiger partial charge in [0, 0.05) is 28.0 Å². The van der Waals surface area contributed by atoms with E-state index in [-0.39, 0.29) is 11.9 Å². The minimum atomic E-state index is -0.174. The Hall–Kier alpha value is -1.33. The van der Waals surface area contributed by atoms with Crippen LogP contribution in [0.15, 0.2) is 27.1 Å². The van der Waals surface area contributed by atoms with E-state index in [9.17, 15) is 4.79 Å². The second-order valence-corrected chi connectivity index (χ2v) is 5.51. The average Bonchev–Trinajstić information content (AvgIpc) is 2.73. The van der Waals surface area contributed by atoms with Gasteiger partial charge in [-0.05, 0) is 39.1 Å². The largest absolute Gasteiger partial charge is 0.451 e. The monoisotopic (exact) mass is 324 g/mol. The first kappa shape index (κ1) is 14.1. The summed E-state index contributed by atoms with van der Waals surface area (Å²) in [4.78, 5) is 12.1. The van der Waals surface area contributed by atoms with E-state index in [1.54, 1.807) is 0 Å². The van der Waals surface area contributed by atoms with Crippen LogP contribution in [0.4, 0.5) is 0 Å². The number of furan rings is 1. The van der Waals surface area contributed by atoms with E-state index in [0.29, 0.717) is 12.3 Å². The quantitative estimate of drug-likeness (QED) is 0.909. The molecule has 0 fully saturated rings. The minimum Gasteiger partial charge on any atom is -0.451 e. The molecule has 2 rings (SSSR count). The van der Waals surface area contributed by atoms with Crippen molar-refractivity contribution in [1.29, 1.82) is 0 Å². The fraction of sp³-hybridized carbons (Fsp3) is 0.357. The summed E-state index contributed by atoms with van der Waals surface area (Å²) in [5, 5.41) is 6.89. The molecule has 0 aliphatic rings. The number of nitrogens with one attached hydrogen (secondary N) is 2. The van der Waals surface area contributed by atoms with Gasteiger partial charge in [-0.2, -0.15) is 0 Å². The van der Waals surface area contributed by atoms with E-state index in [4.69, 9.17) is 4.42 Å². The molecule has 5 heteroatoms. The van der Waals surface area contributed by atoms with Gasteiger partial charge < -0.3 is 15.1 Å². The molecule has 0 aliphatic heterocycles. The van der Waals surface area contributed by atoms with Crippen LogP contribution in [-0.2, 0) is 0 Å². The molecule has 1 aromatic carbocycles. The van der Waals surface area contributed by atoms with Crippen LogP contribution in [0.3, 0.4) is 0 Å². The number of hydrogen-bond acceptors (Lipinski definition) is 3. The molecule has 0 aliphatic carbocycles. The highest BCUT2D eigenvalue weighted by atomic mass is 79.9. The third-order valence-corrected chi connectivity index (χ3v) is 3.66. The Balaban J connectivity index is 2.25. The van der Waals surface area contributed by atoms with Crippen molar-refractivity contribution in [2.75, 3.05) is 13.6 Å². The lowest BCUT2D eigenvalue weighted by Crippen LogP contribution is -2.37. The summed E-state index contributed by atoms with van der Waals surface area (Å²) in [6.45, 7) is 4.47. The number of aryl methyl sites for hydroxylation is 1. The van der Waals surface area contributed by atoms with Crippen LogP contribution in [0.1, 0.15) is 23.0 Å². The molecule has 2 aromatic rings. The predicted octanol–water partition coefficient (Wildman–Crippen LogP) is 2.84. The van der Waals surface area contributed by atoms with Gasteiger partial charge in [-0.15, -0.1) is 0 Å². The zero-order valence-corrected chi connectivity index (χ0v) is 12.8. The Morgan fingerprint density at radius 3 is 2.89 bits per heavy atom. The van der Waals surface area contributed by atoms with E-state index < -0.39 is 0 Å². The lowest BCUT2D eigenvalue weighted by Gasteiger charge is -2.10. The van der Waals surface area contributed by atoms with Gasteiger partial charge in [0.2, 0.25) is 0 Å². The normalized spacial score (nSPS) is 12.6. The molecule has 1 unspecified atom stereocenters. The summed E-state index contributed by atoms with van der Waals surface area (Å²) in [7, 11) is 1.86. The van der Waals surface area contributed by atoms with Crippen molar-refractivity contribution in [3.05, 3.63) is 34.0 Å². The molecule has 0 bridgehead atoms. The molecule has 0 saturated heterocycles. The number of halogens is 1. The number of carbonyl (C=O) groups is 1. The van der Waals surface area contributed by atoms with Gasteiger partial charge >= 0.3 is 0 Å². The smallest absolute Gasteiger partial charge is 0.287 e. The fourth-order valence-electron chi connectivity index (χ4n) is 1.84. The maximum atomic E-state index is 12.1. The third-order valence-electron chi connectivity index (χ3n) is 3.17. The first-order valence-corrected chi connectivity index (χ1v) is 6.96. The third kappa shape index (κ3) is 2.98. The van der Waals surface area contributed by atoms with Crippen molar-refractivity contribution in [2.45, 2.75) is 19.9 Å². The highest BCUT2D eigenvalue weighted by Gasteiger charge is 2.17. The van der Waals surface area contributed by atoms with Crippen molar-refractivity contribution in [3.8, 4) is 0 Å².